The summed E-state index contributed by atoms with van der Waals surface area (Å²) >= 11 is 5.05. The zero-order chi connectivity index (χ0) is 11.5. The van der Waals surface area contributed by atoms with Crippen molar-refractivity contribution in [3.8, 4) is 0 Å². The zero-order valence-electron chi connectivity index (χ0n) is 8.85. The summed E-state index contributed by atoms with van der Waals surface area (Å²) in [6.07, 6.45) is 1.88. The molecule has 0 aliphatic carbocycles. The number of halogens is 1. The van der Waals surface area contributed by atoms with Gasteiger partial charge in [-0.05, 0) is 46.6 Å². The molecule has 0 aliphatic rings. The van der Waals surface area contributed by atoms with Gasteiger partial charge in [0.15, 0.2) is 0 Å². The first-order valence-electron chi connectivity index (χ1n) is 5.00. The van der Waals surface area contributed by atoms with Crippen molar-refractivity contribution in [1.82, 2.24) is 4.98 Å². The van der Waals surface area contributed by atoms with Gasteiger partial charge < -0.3 is 5.11 Å². The molecule has 0 saturated heterocycles. The molecule has 84 valence electrons. The lowest BCUT2D eigenvalue weighted by molar-refractivity contribution is 0.174. The Bertz CT molecular complexity index is 466. The highest BCUT2D eigenvalue weighted by Crippen LogP contribution is 2.26. The summed E-state index contributed by atoms with van der Waals surface area (Å²) in [5.41, 5.74) is 1.84. The fourth-order valence-corrected chi connectivity index (χ4v) is 2.95. The molecule has 2 aromatic heterocycles. The molecule has 2 nitrogen and oxygen atoms in total. The second kappa shape index (κ2) is 5.08. The minimum atomic E-state index is -0.522. The second-order valence-electron chi connectivity index (χ2n) is 3.69. The van der Waals surface area contributed by atoms with Crippen molar-refractivity contribution in [3.05, 3.63) is 50.4 Å². The Hall–Kier alpha value is -0.710. The van der Waals surface area contributed by atoms with Crippen LogP contribution in [0.2, 0.25) is 0 Å². The molecular formula is C12H12BrNOS. The molecular weight excluding hydrogens is 286 g/mol. The molecule has 1 atom stereocenters. The van der Waals surface area contributed by atoms with Crippen LogP contribution < -0.4 is 0 Å². The molecule has 0 spiro atoms. The maximum Gasteiger partial charge on any atom is 0.101 e. The van der Waals surface area contributed by atoms with E-state index in [0.29, 0.717) is 6.42 Å². The van der Waals surface area contributed by atoms with Crippen LogP contribution in [0, 0.1) is 6.92 Å². The smallest absolute Gasteiger partial charge is 0.101 e. The van der Waals surface area contributed by atoms with Crippen LogP contribution in [0.25, 0.3) is 0 Å². The minimum absolute atomic E-state index is 0.522. The van der Waals surface area contributed by atoms with Crippen molar-refractivity contribution in [3.63, 3.8) is 0 Å². The Balaban J connectivity index is 2.08. The Morgan fingerprint density at radius 1 is 1.38 bits per heavy atom. The van der Waals surface area contributed by atoms with Gasteiger partial charge in [0.2, 0.25) is 0 Å². The molecule has 0 saturated carbocycles. The summed E-state index contributed by atoms with van der Waals surface area (Å²) in [5, 5.41) is 10.0. The van der Waals surface area contributed by atoms with E-state index in [0.717, 1.165) is 19.9 Å². The van der Waals surface area contributed by atoms with E-state index in [-0.39, 0.29) is 0 Å². The van der Waals surface area contributed by atoms with E-state index in [1.807, 2.05) is 31.2 Å². The minimum Gasteiger partial charge on any atom is -0.386 e. The average molecular weight is 298 g/mol. The van der Waals surface area contributed by atoms with Crippen LogP contribution in [-0.2, 0) is 6.42 Å². The number of hydrogen-bond donors (Lipinski definition) is 1. The quantitative estimate of drug-likeness (QED) is 0.941. The first-order chi connectivity index (χ1) is 7.65. The van der Waals surface area contributed by atoms with E-state index < -0.39 is 6.10 Å². The SMILES string of the molecule is Cc1ccc(C(O)Cc2ccc(Br)s2)nc1. The van der Waals surface area contributed by atoms with Gasteiger partial charge in [0, 0.05) is 17.5 Å². The Kier molecular flexibility index (Phi) is 3.74. The van der Waals surface area contributed by atoms with E-state index in [2.05, 4.69) is 20.9 Å². The highest BCUT2D eigenvalue weighted by atomic mass is 79.9. The normalized spacial score (nSPS) is 12.7. The summed E-state index contributed by atoms with van der Waals surface area (Å²) in [6.45, 7) is 1.99. The molecule has 0 aliphatic heterocycles. The number of thiophene rings is 1. The predicted octanol–water partition coefficient (Wildman–Crippen LogP) is 3.49. The van der Waals surface area contributed by atoms with E-state index >= 15 is 0 Å². The third-order valence-electron chi connectivity index (χ3n) is 2.30. The fraction of sp³-hybridized carbons (Fsp3) is 0.250. The van der Waals surface area contributed by atoms with E-state index in [1.165, 1.54) is 0 Å². The van der Waals surface area contributed by atoms with Gasteiger partial charge in [-0.3, -0.25) is 4.98 Å². The van der Waals surface area contributed by atoms with Gasteiger partial charge in [-0.2, -0.15) is 0 Å². The summed E-state index contributed by atoms with van der Waals surface area (Å²) in [6, 6.07) is 7.86. The number of aliphatic hydroxyl groups is 1. The van der Waals surface area contributed by atoms with Crippen LogP contribution in [0.4, 0.5) is 0 Å². The zero-order valence-corrected chi connectivity index (χ0v) is 11.3. The lowest BCUT2D eigenvalue weighted by Crippen LogP contribution is -2.02. The number of aliphatic hydroxyl groups excluding tert-OH is 1. The highest BCUT2D eigenvalue weighted by molar-refractivity contribution is 9.11. The Labute approximate surface area is 107 Å². The standard InChI is InChI=1S/C12H12BrNOS/c1-8-2-4-10(14-7-8)11(15)6-9-3-5-12(13)16-9/h2-5,7,11,15H,6H2,1H3. The van der Waals surface area contributed by atoms with Gasteiger partial charge >= 0.3 is 0 Å². The van der Waals surface area contributed by atoms with Crippen LogP contribution in [0.5, 0.6) is 0 Å². The lowest BCUT2D eigenvalue weighted by atomic mass is 10.1. The van der Waals surface area contributed by atoms with Gasteiger partial charge in [-0.15, -0.1) is 11.3 Å². The summed E-state index contributed by atoms with van der Waals surface area (Å²) in [5.74, 6) is 0. The Morgan fingerprint density at radius 3 is 2.75 bits per heavy atom. The first kappa shape index (κ1) is 11.8. The van der Waals surface area contributed by atoms with Gasteiger partial charge in [0.25, 0.3) is 0 Å². The number of aromatic nitrogens is 1. The molecule has 0 amide bonds. The number of hydrogen-bond acceptors (Lipinski definition) is 3. The fourth-order valence-electron chi connectivity index (χ4n) is 1.43. The maximum atomic E-state index is 10.0. The number of rotatable bonds is 3. The van der Waals surface area contributed by atoms with Crippen molar-refractivity contribution in [2.24, 2.45) is 0 Å². The molecule has 1 unspecified atom stereocenters. The van der Waals surface area contributed by atoms with Gasteiger partial charge in [-0.25, -0.2) is 0 Å². The van der Waals surface area contributed by atoms with Crippen molar-refractivity contribution in [2.45, 2.75) is 19.4 Å². The molecule has 0 radical (unpaired) electrons. The largest absolute Gasteiger partial charge is 0.386 e. The van der Waals surface area contributed by atoms with Crippen molar-refractivity contribution < 1.29 is 5.11 Å². The molecule has 16 heavy (non-hydrogen) atoms. The molecule has 0 bridgehead atoms. The van der Waals surface area contributed by atoms with Crippen LogP contribution in [0.3, 0.4) is 0 Å². The maximum absolute atomic E-state index is 10.0. The van der Waals surface area contributed by atoms with Crippen molar-refractivity contribution >= 4 is 27.3 Å². The number of aryl methyl sites for hydroxylation is 1. The molecule has 0 fully saturated rings. The molecule has 0 aromatic carbocycles. The number of pyridine rings is 1. The summed E-state index contributed by atoms with van der Waals surface area (Å²) in [4.78, 5) is 5.38. The molecule has 1 N–H and O–H groups in total. The summed E-state index contributed by atoms with van der Waals surface area (Å²) < 4.78 is 1.09. The molecule has 4 heteroatoms. The second-order valence-corrected chi connectivity index (χ2v) is 6.23. The predicted molar refractivity (Wildman–Crippen MR) is 69.7 cm³/mol. The van der Waals surface area contributed by atoms with Crippen molar-refractivity contribution in [2.75, 3.05) is 0 Å². The van der Waals surface area contributed by atoms with Crippen LogP contribution in [0.1, 0.15) is 22.2 Å². The van der Waals surface area contributed by atoms with E-state index in [9.17, 15) is 5.11 Å². The molecule has 2 heterocycles. The van der Waals surface area contributed by atoms with Crippen LogP contribution in [0.15, 0.2) is 34.2 Å². The lowest BCUT2D eigenvalue weighted by Gasteiger charge is -2.08. The van der Waals surface area contributed by atoms with Crippen LogP contribution in [-0.4, -0.2) is 10.1 Å². The van der Waals surface area contributed by atoms with Crippen molar-refractivity contribution in [1.29, 1.82) is 0 Å². The highest BCUT2D eigenvalue weighted by Gasteiger charge is 2.10. The van der Waals surface area contributed by atoms with Gasteiger partial charge in [0.1, 0.15) is 6.10 Å². The molecule has 2 rings (SSSR count). The van der Waals surface area contributed by atoms with Crippen LogP contribution >= 0.6 is 27.3 Å². The monoisotopic (exact) mass is 297 g/mol. The average Bonchev–Trinajstić information content (AvgIpc) is 2.65. The van der Waals surface area contributed by atoms with Gasteiger partial charge in [-0.1, -0.05) is 6.07 Å². The molecule has 2 aromatic rings. The van der Waals surface area contributed by atoms with E-state index in [1.54, 1.807) is 17.5 Å². The third kappa shape index (κ3) is 2.90. The van der Waals surface area contributed by atoms with E-state index in [4.69, 9.17) is 0 Å². The summed E-state index contributed by atoms with van der Waals surface area (Å²) in [7, 11) is 0. The Morgan fingerprint density at radius 2 is 2.19 bits per heavy atom. The first-order valence-corrected chi connectivity index (χ1v) is 6.61. The third-order valence-corrected chi connectivity index (χ3v) is 3.95. The number of nitrogens with zero attached hydrogens (tertiary/aromatic N) is 1. The van der Waals surface area contributed by atoms with Gasteiger partial charge in [0.05, 0.1) is 9.48 Å². The topological polar surface area (TPSA) is 33.1 Å².